The minimum atomic E-state index is -0.0188. The number of carbonyl (C=O) groups is 1. The normalized spacial score (nSPS) is 30.9. The van der Waals surface area contributed by atoms with Gasteiger partial charge in [-0.05, 0) is 0 Å². The van der Waals surface area contributed by atoms with Crippen LogP contribution in [0.5, 0.6) is 0 Å². The Morgan fingerprint density at radius 2 is 2.67 bits per heavy atom. The number of fused-ring (bicyclic) bond motifs is 1. The van der Waals surface area contributed by atoms with Crippen LogP contribution in [0.15, 0.2) is 11.8 Å². The van der Waals surface area contributed by atoms with Gasteiger partial charge in [-0.2, -0.15) is 0 Å². The van der Waals surface area contributed by atoms with Crippen molar-refractivity contribution in [2.75, 3.05) is 6.61 Å². The zero-order valence-electron chi connectivity index (χ0n) is 4.89. The highest BCUT2D eigenvalue weighted by Crippen LogP contribution is 2.20. The van der Waals surface area contributed by atoms with E-state index in [1.54, 1.807) is 0 Å². The smallest absolute Gasteiger partial charge is 0.248 e. The van der Waals surface area contributed by atoms with Crippen LogP contribution in [0.2, 0.25) is 0 Å². The Morgan fingerprint density at radius 1 is 1.78 bits per heavy atom. The first-order valence-corrected chi connectivity index (χ1v) is 3.01. The van der Waals surface area contributed by atoms with Crippen LogP contribution in [0.3, 0.4) is 0 Å². The fourth-order valence-electron chi connectivity index (χ4n) is 1.17. The number of hydrogen-bond acceptors (Lipinski definition) is 2. The quantitative estimate of drug-likeness (QED) is 0.486. The predicted molar refractivity (Wildman–Crippen MR) is 30.6 cm³/mol. The zero-order chi connectivity index (χ0) is 6.27. The van der Waals surface area contributed by atoms with Crippen LogP contribution in [-0.4, -0.2) is 18.6 Å². The Hall–Kier alpha value is -0.990. The van der Waals surface area contributed by atoms with Crippen molar-refractivity contribution in [2.24, 2.45) is 0 Å². The molecule has 1 fully saturated rings. The number of hydrogen-bond donors (Lipinski definition) is 1. The summed E-state index contributed by atoms with van der Waals surface area (Å²) in [6, 6.07) is 0.192. The van der Waals surface area contributed by atoms with Gasteiger partial charge >= 0.3 is 0 Å². The Labute approximate surface area is 52.7 Å². The third-order valence-corrected chi connectivity index (χ3v) is 1.61. The van der Waals surface area contributed by atoms with E-state index in [1.807, 2.05) is 0 Å². The van der Waals surface area contributed by atoms with Crippen LogP contribution in [0.25, 0.3) is 0 Å². The standard InChI is InChI=1S/C6H7NO2/c8-6-3-5-4(7-6)1-2-9-5/h3-4H,1-2H2,(H,7,8)/t4-/m1/s1. The Bertz CT molecular complexity index is 185. The molecule has 0 bridgehead atoms. The van der Waals surface area contributed by atoms with Gasteiger partial charge in [-0.1, -0.05) is 0 Å². The SMILES string of the molecule is O=C1C=C2OCC[C@H]2N1. The Balaban J connectivity index is 2.27. The molecule has 1 saturated heterocycles. The molecule has 3 heteroatoms. The first kappa shape index (κ1) is 4.85. The van der Waals surface area contributed by atoms with Crippen molar-refractivity contribution in [1.82, 2.24) is 5.32 Å². The largest absolute Gasteiger partial charge is 0.495 e. The first-order chi connectivity index (χ1) is 4.36. The second-order valence-electron chi connectivity index (χ2n) is 2.25. The summed E-state index contributed by atoms with van der Waals surface area (Å²) < 4.78 is 5.13. The monoisotopic (exact) mass is 125 g/mol. The number of nitrogens with one attached hydrogen (secondary N) is 1. The van der Waals surface area contributed by atoms with E-state index >= 15 is 0 Å². The van der Waals surface area contributed by atoms with Gasteiger partial charge in [0.25, 0.3) is 0 Å². The lowest BCUT2D eigenvalue weighted by atomic mass is 10.2. The van der Waals surface area contributed by atoms with Crippen LogP contribution < -0.4 is 5.32 Å². The lowest BCUT2D eigenvalue weighted by Gasteiger charge is -1.99. The van der Waals surface area contributed by atoms with Crippen molar-refractivity contribution in [1.29, 1.82) is 0 Å². The fourth-order valence-corrected chi connectivity index (χ4v) is 1.17. The second kappa shape index (κ2) is 1.50. The molecule has 0 aromatic heterocycles. The van der Waals surface area contributed by atoms with Gasteiger partial charge in [0.1, 0.15) is 5.76 Å². The molecule has 1 atom stereocenters. The molecule has 9 heavy (non-hydrogen) atoms. The van der Waals surface area contributed by atoms with Crippen molar-refractivity contribution < 1.29 is 9.53 Å². The molecule has 2 aliphatic heterocycles. The summed E-state index contributed by atoms with van der Waals surface area (Å²) in [5.74, 6) is 0.801. The number of ether oxygens (including phenoxy) is 1. The van der Waals surface area contributed by atoms with E-state index < -0.39 is 0 Å². The minimum Gasteiger partial charge on any atom is -0.495 e. The molecule has 0 radical (unpaired) electrons. The molecular weight excluding hydrogens is 118 g/mol. The summed E-state index contributed by atoms with van der Waals surface area (Å²) in [6.45, 7) is 0.747. The van der Waals surface area contributed by atoms with E-state index in [1.165, 1.54) is 6.08 Å². The molecule has 0 spiro atoms. The van der Waals surface area contributed by atoms with Crippen LogP contribution >= 0.6 is 0 Å². The topological polar surface area (TPSA) is 38.3 Å². The van der Waals surface area contributed by atoms with Gasteiger partial charge in [0.15, 0.2) is 0 Å². The third kappa shape index (κ3) is 0.608. The maximum Gasteiger partial charge on any atom is 0.248 e. The third-order valence-electron chi connectivity index (χ3n) is 1.61. The zero-order valence-corrected chi connectivity index (χ0v) is 4.89. The molecule has 0 saturated carbocycles. The van der Waals surface area contributed by atoms with E-state index in [0.717, 1.165) is 18.8 Å². The van der Waals surface area contributed by atoms with Crippen molar-refractivity contribution in [2.45, 2.75) is 12.5 Å². The maximum absolute atomic E-state index is 10.6. The number of amides is 1. The summed E-state index contributed by atoms with van der Waals surface area (Å²) >= 11 is 0. The molecule has 0 unspecified atom stereocenters. The van der Waals surface area contributed by atoms with Gasteiger partial charge in [0.05, 0.1) is 12.6 Å². The van der Waals surface area contributed by atoms with E-state index in [2.05, 4.69) is 5.32 Å². The average Bonchev–Trinajstić information content (AvgIpc) is 2.22. The second-order valence-corrected chi connectivity index (χ2v) is 2.25. The molecule has 2 aliphatic rings. The highest BCUT2D eigenvalue weighted by atomic mass is 16.5. The van der Waals surface area contributed by atoms with E-state index in [0.29, 0.717) is 0 Å². The Morgan fingerprint density at radius 3 is 3.44 bits per heavy atom. The predicted octanol–water partition coefficient (Wildman–Crippen LogP) is -0.211. The van der Waals surface area contributed by atoms with E-state index in [-0.39, 0.29) is 11.9 Å². The highest BCUT2D eigenvalue weighted by Gasteiger charge is 2.29. The highest BCUT2D eigenvalue weighted by molar-refractivity contribution is 5.91. The van der Waals surface area contributed by atoms with Gasteiger partial charge in [-0.15, -0.1) is 0 Å². The lowest BCUT2D eigenvalue weighted by Crippen LogP contribution is -2.25. The lowest BCUT2D eigenvalue weighted by molar-refractivity contribution is -0.116. The molecule has 2 heterocycles. The summed E-state index contributed by atoms with van der Waals surface area (Å²) in [7, 11) is 0. The summed E-state index contributed by atoms with van der Waals surface area (Å²) in [5, 5.41) is 2.76. The van der Waals surface area contributed by atoms with Gasteiger partial charge in [-0.3, -0.25) is 4.79 Å². The van der Waals surface area contributed by atoms with Crippen molar-refractivity contribution in [3.8, 4) is 0 Å². The van der Waals surface area contributed by atoms with Crippen LogP contribution in [-0.2, 0) is 9.53 Å². The molecule has 3 nitrogen and oxygen atoms in total. The average molecular weight is 125 g/mol. The molecule has 0 aliphatic carbocycles. The molecule has 2 rings (SSSR count). The van der Waals surface area contributed by atoms with Gasteiger partial charge in [0.2, 0.25) is 5.91 Å². The van der Waals surface area contributed by atoms with Crippen LogP contribution in [0, 0.1) is 0 Å². The summed E-state index contributed by atoms with van der Waals surface area (Å²) in [4.78, 5) is 10.6. The van der Waals surface area contributed by atoms with Crippen LogP contribution in [0.4, 0.5) is 0 Å². The van der Waals surface area contributed by atoms with Crippen molar-refractivity contribution >= 4 is 5.91 Å². The number of rotatable bonds is 0. The molecule has 0 aromatic carbocycles. The van der Waals surface area contributed by atoms with E-state index in [9.17, 15) is 4.79 Å². The summed E-state index contributed by atoms with van der Waals surface area (Å²) in [5.41, 5.74) is 0. The number of carbonyl (C=O) groups excluding carboxylic acids is 1. The molecule has 0 aromatic rings. The molecule has 1 amide bonds. The van der Waals surface area contributed by atoms with Crippen molar-refractivity contribution in [3.63, 3.8) is 0 Å². The molecule has 1 N–H and O–H groups in total. The van der Waals surface area contributed by atoms with Gasteiger partial charge in [0, 0.05) is 12.5 Å². The summed E-state index contributed by atoms with van der Waals surface area (Å²) in [6.07, 6.45) is 2.45. The Kier molecular flexibility index (Phi) is 0.806. The van der Waals surface area contributed by atoms with E-state index in [4.69, 9.17) is 4.74 Å². The van der Waals surface area contributed by atoms with Gasteiger partial charge in [-0.25, -0.2) is 0 Å². The molecule has 48 valence electrons. The van der Waals surface area contributed by atoms with Gasteiger partial charge < -0.3 is 10.1 Å². The maximum atomic E-state index is 10.6. The van der Waals surface area contributed by atoms with Crippen LogP contribution in [0.1, 0.15) is 6.42 Å². The molecular formula is C6H7NO2. The first-order valence-electron chi connectivity index (χ1n) is 3.01. The fraction of sp³-hybridized carbons (Fsp3) is 0.500. The van der Waals surface area contributed by atoms with Crippen molar-refractivity contribution in [3.05, 3.63) is 11.8 Å². The minimum absolute atomic E-state index is 0.0188.